The van der Waals surface area contributed by atoms with Gasteiger partial charge in [0.15, 0.2) is 0 Å². The normalized spacial score (nSPS) is 27.4. The lowest BCUT2D eigenvalue weighted by Crippen LogP contribution is -2.54. The summed E-state index contributed by atoms with van der Waals surface area (Å²) in [5.74, 6) is 0.330. The van der Waals surface area contributed by atoms with E-state index in [1.54, 1.807) is 0 Å². The van der Waals surface area contributed by atoms with E-state index in [4.69, 9.17) is 0 Å². The fourth-order valence-corrected chi connectivity index (χ4v) is 2.86. The van der Waals surface area contributed by atoms with Crippen molar-refractivity contribution in [3.8, 4) is 0 Å². The van der Waals surface area contributed by atoms with Crippen LogP contribution >= 0.6 is 24.8 Å². The third-order valence-corrected chi connectivity index (χ3v) is 4.05. The molecule has 0 aliphatic carbocycles. The zero-order valence-corrected chi connectivity index (χ0v) is 13.6. The van der Waals surface area contributed by atoms with Crippen molar-refractivity contribution in [1.82, 2.24) is 15.1 Å². The number of amides is 1. The Labute approximate surface area is 129 Å². The second-order valence-corrected chi connectivity index (χ2v) is 5.55. The number of carbonyl (C=O) groups is 1. The summed E-state index contributed by atoms with van der Waals surface area (Å²) >= 11 is 0. The number of nitrogens with zero attached hydrogens (tertiary/aromatic N) is 2. The second kappa shape index (κ2) is 9.01. The lowest BCUT2D eigenvalue weighted by atomic mass is 10.0. The molecule has 4 nitrogen and oxygen atoms in total. The Kier molecular flexibility index (Phi) is 8.99. The van der Waals surface area contributed by atoms with Crippen molar-refractivity contribution in [3.05, 3.63) is 0 Å². The molecular weight excluding hydrogens is 285 g/mol. The quantitative estimate of drug-likeness (QED) is 0.840. The van der Waals surface area contributed by atoms with Crippen molar-refractivity contribution in [2.45, 2.75) is 44.2 Å². The second-order valence-electron chi connectivity index (χ2n) is 5.55. The summed E-state index contributed by atoms with van der Waals surface area (Å²) in [6, 6.07) is 0.626. The van der Waals surface area contributed by atoms with Gasteiger partial charge in [0.2, 0.25) is 5.91 Å². The number of halogens is 2. The van der Waals surface area contributed by atoms with Crippen molar-refractivity contribution < 1.29 is 4.79 Å². The number of nitrogens with one attached hydrogen (secondary N) is 1. The van der Waals surface area contributed by atoms with Crippen molar-refractivity contribution >= 4 is 30.7 Å². The maximum atomic E-state index is 12.4. The average molecular weight is 312 g/mol. The summed E-state index contributed by atoms with van der Waals surface area (Å²) in [7, 11) is 4.22. The molecule has 1 amide bonds. The Bertz CT molecular complexity index is 271. The highest BCUT2D eigenvalue weighted by Gasteiger charge is 2.30. The van der Waals surface area contributed by atoms with E-state index in [2.05, 4.69) is 29.2 Å². The fraction of sp³-hybridized carbons (Fsp3) is 0.923. The fourth-order valence-electron chi connectivity index (χ4n) is 2.86. The number of hydrogen-bond acceptors (Lipinski definition) is 3. The van der Waals surface area contributed by atoms with E-state index in [-0.39, 0.29) is 30.9 Å². The van der Waals surface area contributed by atoms with Crippen LogP contribution in [0.25, 0.3) is 0 Å². The molecule has 114 valence electrons. The number of carbonyl (C=O) groups excluding carboxylic acids is 1. The van der Waals surface area contributed by atoms with Crippen LogP contribution in [0.15, 0.2) is 0 Å². The van der Waals surface area contributed by atoms with Gasteiger partial charge in [0.05, 0.1) is 6.04 Å². The van der Waals surface area contributed by atoms with Crippen LogP contribution in [0.3, 0.4) is 0 Å². The van der Waals surface area contributed by atoms with Crippen LogP contribution in [0.5, 0.6) is 0 Å². The minimum Gasteiger partial charge on any atom is -0.340 e. The van der Waals surface area contributed by atoms with Crippen LogP contribution in [0, 0.1) is 0 Å². The molecular formula is C13H27Cl2N3O. The molecule has 0 spiro atoms. The molecule has 19 heavy (non-hydrogen) atoms. The van der Waals surface area contributed by atoms with Crippen molar-refractivity contribution in [1.29, 1.82) is 0 Å². The molecule has 0 aromatic heterocycles. The van der Waals surface area contributed by atoms with Crippen LogP contribution in [-0.4, -0.2) is 61.5 Å². The van der Waals surface area contributed by atoms with Crippen LogP contribution in [0.4, 0.5) is 0 Å². The maximum absolute atomic E-state index is 12.4. The highest BCUT2D eigenvalue weighted by atomic mass is 35.5. The molecule has 1 N–H and O–H groups in total. The Morgan fingerprint density at radius 2 is 1.89 bits per heavy atom. The van der Waals surface area contributed by atoms with Crippen LogP contribution in [0.2, 0.25) is 0 Å². The topological polar surface area (TPSA) is 35.6 Å². The molecule has 0 bridgehead atoms. The molecule has 2 saturated heterocycles. The van der Waals surface area contributed by atoms with Crippen LogP contribution in [0.1, 0.15) is 32.1 Å². The molecule has 2 rings (SSSR count). The first-order valence-electron chi connectivity index (χ1n) is 6.87. The highest BCUT2D eigenvalue weighted by molar-refractivity contribution is 5.85. The van der Waals surface area contributed by atoms with Crippen LogP contribution < -0.4 is 5.32 Å². The van der Waals surface area contributed by atoms with Crippen molar-refractivity contribution in [2.24, 2.45) is 0 Å². The first-order valence-corrected chi connectivity index (χ1v) is 6.87. The highest BCUT2D eigenvalue weighted by Crippen LogP contribution is 2.17. The lowest BCUT2D eigenvalue weighted by Gasteiger charge is -2.38. The summed E-state index contributed by atoms with van der Waals surface area (Å²) in [6.07, 6.45) is 5.77. The molecule has 0 aromatic rings. The molecule has 0 saturated carbocycles. The number of likely N-dealkylation sites (N-methyl/N-ethyl adjacent to an activating group) is 1. The monoisotopic (exact) mass is 311 g/mol. The largest absolute Gasteiger partial charge is 0.340 e. The molecule has 2 aliphatic rings. The van der Waals surface area contributed by atoms with E-state index < -0.39 is 0 Å². The summed E-state index contributed by atoms with van der Waals surface area (Å²) in [4.78, 5) is 16.7. The summed E-state index contributed by atoms with van der Waals surface area (Å²) in [5, 5.41) is 3.36. The maximum Gasteiger partial charge on any atom is 0.239 e. The number of likely N-dealkylation sites (tertiary alicyclic amines) is 1. The molecule has 6 heteroatoms. The van der Waals surface area contributed by atoms with Gasteiger partial charge in [-0.1, -0.05) is 6.42 Å². The Hall–Kier alpha value is -0.0300. The van der Waals surface area contributed by atoms with Gasteiger partial charge in [0.25, 0.3) is 0 Å². The minimum absolute atomic E-state index is 0. The molecule has 2 aliphatic heterocycles. The number of rotatable bonds is 2. The third kappa shape index (κ3) is 5.10. The third-order valence-electron chi connectivity index (χ3n) is 4.05. The molecule has 0 aromatic carbocycles. The Balaban J connectivity index is 0.00000162. The van der Waals surface area contributed by atoms with Gasteiger partial charge in [-0.2, -0.15) is 0 Å². The summed E-state index contributed by atoms with van der Waals surface area (Å²) < 4.78 is 0. The van der Waals surface area contributed by atoms with Gasteiger partial charge in [0.1, 0.15) is 0 Å². The lowest BCUT2D eigenvalue weighted by molar-refractivity contribution is -0.136. The van der Waals surface area contributed by atoms with Gasteiger partial charge >= 0.3 is 0 Å². The van der Waals surface area contributed by atoms with Gasteiger partial charge < -0.3 is 15.1 Å². The van der Waals surface area contributed by atoms with E-state index >= 15 is 0 Å². The standard InChI is InChI=1S/C13H25N3O.2ClH/c1-15(2)11-6-5-9-16(10-11)13(17)12-7-3-4-8-14-12;;/h11-12,14H,3-10H2,1-2H3;2*1H/t11?,12-;;/m1../s1. The van der Waals surface area contributed by atoms with Crippen molar-refractivity contribution in [3.63, 3.8) is 0 Å². The SMILES string of the molecule is CN(C)C1CCCN(C(=O)[C@H]2CCCCN2)C1.Cl.Cl. The van der Waals surface area contributed by atoms with E-state index in [0.29, 0.717) is 11.9 Å². The van der Waals surface area contributed by atoms with Gasteiger partial charge in [0, 0.05) is 19.1 Å². The summed E-state index contributed by atoms with van der Waals surface area (Å²) in [5.41, 5.74) is 0. The van der Waals surface area contributed by atoms with Crippen molar-refractivity contribution in [2.75, 3.05) is 33.7 Å². The molecule has 2 atom stereocenters. The van der Waals surface area contributed by atoms with E-state index in [0.717, 1.165) is 32.5 Å². The zero-order valence-electron chi connectivity index (χ0n) is 11.9. The Morgan fingerprint density at radius 3 is 2.47 bits per heavy atom. The summed E-state index contributed by atoms with van der Waals surface area (Å²) in [6.45, 7) is 2.85. The van der Waals surface area contributed by atoms with Gasteiger partial charge in [-0.3, -0.25) is 4.79 Å². The predicted molar refractivity (Wildman–Crippen MR) is 83.4 cm³/mol. The molecule has 2 fully saturated rings. The number of piperidine rings is 2. The molecule has 1 unspecified atom stereocenters. The first kappa shape index (κ1) is 19.0. The van der Waals surface area contributed by atoms with Gasteiger partial charge in [-0.25, -0.2) is 0 Å². The average Bonchev–Trinajstić information content (AvgIpc) is 2.39. The minimum atomic E-state index is 0. The van der Waals surface area contributed by atoms with E-state index in [1.807, 2.05) is 0 Å². The van der Waals surface area contributed by atoms with E-state index in [9.17, 15) is 4.79 Å². The number of hydrogen-bond donors (Lipinski definition) is 1. The molecule has 0 radical (unpaired) electrons. The zero-order chi connectivity index (χ0) is 12.3. The molecule has 2 heterocycles. The van der Waals surface area contributed by atoms with Crippen LogP contribution in [-0.2, 0) is 4.79 Å². The van der Waals surface area contributed by atoms with E-state index in [1.165, 1.54) is 19.3 Å². The first-order chi connectivity index (χ1) is 8.18. The Morgan fingerprint density at radius 1 is 1.16 bits per heavy atom. The van der Waals surface area contributed by atoms with Gasteiger partial charge in [-0.15, -0.1) is 24.8 Å². The predicted octanol–water partition coefficient (Wildman–Crippen LogP) is 1.52. The smallest absolute Gasteiger partial charge is 0.239 e. The van der Waals surface area contributed by atoms with Gasteiger partial charge in [-0.05, 0) is 46.3 Å².